The lowest BCUT2D eigenvalue weighted by atomic mass is 9.84. The van der Waals surface area contributed by atoms with Crippen LogP contribution in [0.1, 0.15) is 19.3 Å². The van der Waals surface area contributed by atoms with E-state index in [0.717, 1.165) is 32.4 Å². The average Bonchev–Trinajstić information content (AvgIpc) is 3.26. The van der Waals surface area contributed by atoms with Crippen LogP contribution < -0.4 is 5.32 Å². The number of rotatable bonds is 3. The van der Waals surface area contributed by atoms with E-state index in [1.54, 1.807) is 11.4 Å². The van der Waals surface area contributed by atoms with Crippen molar-refractivity contribution in [3.8, 4) is 0 Å². The Hall–Kier alpha value is -1.61. The van der Waals surface area contributed by atoms with Crippen LogP contribution in [0.2, 0.25) is 0 Å². The summed E-state index contributed by atoms with van der Waals surface area (Å²) in [6.45, 7) is 2.61. The molecule has 0 aromatic carbocycles. The summed E-state index contributed by atoms with van der Waals surface area (Å²) in [6, 6.07) is -0.0293. The number of amides is 2. The third kappa shape index (κ3) is 3.20. The maximum absolute atomic E-state index is 12.5. The standard InChI is InChI=1S/C14H23N5O3S/c1-15-14(20)18-5-2-11(3-6-18)12-4-7-19(9-12)23(21,22)13-8-16-10-17-13/h8,10-12H,2-7,9H2,1H3,(H,15,20)(H,16,17). The molecule has 0 radical (unpaired) electrons. The lowest BCUT2D eigenvalue weighted by Crippen LogP contribution is -2.44. The fourth-order valence-electron chi connectivity index (χ4n) is 3.61. The minimum absolute atomic E-state index is 0.0293. The number of aromatic amines is 1. The van der Waals surface area contributed by atoms with E-state index in [-0.39, 0.29) is 11.1 Å². The summed E-state index contributed by atoms with van der Waals surface area (Å²) in [7, 11) is -1.81. The quantitative estimate of drug-likeness (QED) is 0.835. The molecule has 2 N–H and O–H groups in total. The predicted octanol–water partition coefficient (Wildman–Crippen LogP) is 0.472. The van der Waals surface area contributed by atoms with Crippen molar-refractivity contribution in [3.63, 3.8) is 0 Å². The Morgan fingerprint density at radius 2 is 1.96 bits per heavy atom. The van der Waals surface area contributed by atoms with Crippen molar-refractivity contribution in [1.82, 2.24) is 24.5 Å². The Labute approximate surface area is 136 Å². The highest BCUT2D eigenvalue weighted by Gasteiger charge is 2.38. The molecule has 2 aliphatic rings. The average molecular weight is 341 g/mol. The van der Waals surface area contributed by atoms with Gasteiger partial charge < -0.3 is 15.2 Å². The Balaban J connectivity index is 1.58. The summed E-state index contributed by atoms with van der Waals surface area (Å²) < 4.78 is 26.5. The lowest BCUT2D eigenvalue weighted by Gasteiger charge is -2.34. The van der Waals surface area contributed by atoms with Crippen molar-refractivity contribution >= 4 is 16.1 Å². The summed E-state index contributed by atoms with van der Waals surface area (Å²) in [6.07, 6.45) is 5.50. The van der Waals surface area contributed by atoms with Crippen LogP contribution in [-0.2, 0) is 10.0 Å². The van der Waals surface area contributed by atoms with Gasteiger partial charge in [-0.1, -0.05) is 0 Å². The maximum atomic E-state index is 12.5. The molecule has 3 rings (SSSR count). The molecule has 1 atom stereocenters. The third-order valence-electron chi connectivity index (χ3n) is 4.99. The number of likely N-dealkylation sites (tertiary alicyclic amines) is 1. The number of hydrogen-bond acceptors (Lipinski definition) is 4. The molecule has 23 heavy (non-hydrogen) atoms. The van der Waals surface area contributed by atoms with Crippen molar-refractivity contribution in [2.75, 3.05) is 33.2 Å². The molecule has 2 saturated heterocycles. The number of urea groups is 1. The van der Waals surface area contributed by atoms with E-state index < -0.39 is 10.0 Å². The van der Waals surface area contributed by atoms with Crippen LogP contribution in [0.15, 0.2) is 17.6 Å². The first-order chi connectivity index (χ1) is 11.0. The van der Waals surface area contributed by atoms with E-state index >= 15 is 0 Å². The van der Waals surface area contributed by atoms with Gasteiger partial charge in [-0.25, -0.2) is 18.2 Å². The van der Waals surface area contributed by atoms with E-state index in [0.29, 0.717) is 24.9 Å². The number of hydrogen-bond donors (Lipinski definition) is 2. The van der Waals surface area contributed by atoms with E-state index in [4.69, 9.17) is 0 Å². The number of aromatic nitrogens is 2. The molecule has 1 aromatic heterocycles. The Bertz CT molecular complexity index is 637. The van der Waals surface area contributed by atoms with Gasteiger partial charge in [-0.05, 0) is 31.1 Å². The second-order valence-corrected chi connectivity index (χ2v) is 8.11. The van der Waals surface area contributed by atoms with Gasteiger partial charge in [0.05, 0.1) is 12.5 Å². The molecule has 0 spiro atoms. The number of nitrogens with zero attached hydrogens (tertiary/aromatic N) is 3. The highest BCUT2D eigenvalue weighted by molar-refractivity contribution is 7.89. The molecule has 0 aliphatic carbocycles. The van der Waals surface area contributed by atoms with Crippen LogP contribution in [0.4, 0.5) is 4.79 Å². The Morgan fingerprint density at radius 3 is 2.57 bits per heavy atom. The smallest absolute Gasteiger partial charge is 0.317 e. The maximum Gasteiger partial charge on any atom is 0.317 e. The monoisotopic (exact) mass is 341 g/mol. The zero-order valence-corrected chi connectivity index (χ0v) is 14.1. The van der Waals surface area contributed by atoms with Crippen LogP contribution in [0.5, 0.6) is 0 Å². The number of piperidine rings is 1. The molecule has 0 saturated carbocycles. The van der Waals surface area contributed by atoms with Crippen molar-refractivity contribution in [1.29, 1.82) is 0 Å². The molecular formula is C14H23N5O3S. The molecule has 8 nitrogen and oxygen atoms in total. The normalized spacial score (nSPS) is 24.0. The fourth-order valence-corrected chi connectivity index (χ4v) is 5.02. The molecule has 9 heteroatoms. The minimum Gasteiger partial charge on any atom is -0.341 e. The van der Waals surface area contributed by atoms with E-state index in [1.807, 2.05) is 4.90 Å². The number of sulfonamides is 1. The van der Waals surface area contributed by atoms with E-state index in [1.165, 1.54) is 12.5 Å². The van der Waals surface area contributed by atoms with Crippen LogP contribution in [0, 0.1) is 11.8 Å². The molecular weight excluding hydrogens is 318 g/mol. The van der Waals surface area contributed by atoms with Gasteiger partial charge in [0.1, 0.15) is 0 Å². The van der Waals surface area contributed by atoms with Crippen LogP contribution in [0.25, 0.3) is 0 Å². The summed E-state index contributed by atoms with van der Waals surface area (Å²) in [4.78, 5) is 19.9. The van der Waals surface area contributed by atoms with Gasteiger partial charge in [0.25, 0.3) is 10.0 Å². The van der Waals surface area contributed by atoms with Gasteiger partial charge >= 0.3 is 6.03 Å². The number of carbonyl (C=O) groups excluding carboxylic acids is 1. The van der Waals surface area contributed by atoms with E-state index in [9.17, 15) is 13.2 Å². The Kier molecular flexibility index (Phi) is 4.58. The number of carbonyl (C=O) groups is 1. The molecule has 2 amide bonds. The van der Waals surface area contributed by atoms with Crippen LogP contribution in [-0.4, -0.2) is 66.8 Å². The van der Waals surface area contributed by atoms with Crippen molar-refractivity contribution in [2.24, 2.45) is 11.8 Å². The molecule has 2 aliphatic heterocycles. The van der Waals surface area contributed by atoms with Crippen LogP contribution in [0.3, 0.4) is 0 Å². The summed E-state index contributed by atoms with van der Waals surface area (Å²) in [5.41, 5.74) is 0. The second-order valence-electron chi connectivity index (χ2n) is 6.21. The largest absolute Gasteiger partial charge is 0.341 e. The number of imidazole rings is 1. The molecule has 128 valence electrons. The van der Waals surface area contributed by atoms with Gasteiger partial charge in [0.15, 0.2) is 5.03 Å². The van der Waals surface area contributed by atoms with Gasteiger partial charge in [0, 0.05) is 33.2 Å². The highest BCUT2D eigenvalue weighted by Crippen LogP contribution is 2.33. The third-order valence-corrected chi connectivity index (χ3v) is 6.78. The fraction of sp³-hybridized carbons (Fsp3) is 0.714. The first kappa shape index (κ1) is 16.3. The summed E-state index contributed by atoms with van der Waals surface area (Å²) >= 11 is 0. The topological polar surface area (TPSA) is 98.4 Å². The van der Waals surface area contributed by atoms with Crippen molar-refractivity contribution in [2.45, 2.75) is 24.3 Å². The van der Waals surface area contributed by atoms with Gasteiger partial charge in [0.2, 0.25) is 0 Å². The number of H-pyrrole nitrogens is 1. The minimum atomic E-state index is -3.45. The molecule has 1 unspecified atom stereocenters. The highest BCUT2D eigenvalue weighted by atomic mass is 32.2. The van der Waals surface area contributed by atoms with Crippen molar-refractivity contribution < 1.29 is 13.2 Å². The van der Waals surface area contributed by atoms with Gasteiger partial charge in [-0.2, -0.15) is 4.31 Å². The SMILES string of the molecule is CNC(=O)N1CCC(C2CCN(S(=O)(=O)c3cnc[nH]3)C2)CC1. The Morgan fingerprint density at radius 1 is 1.26 bits per heavy atom. The predicted molar refractivity (Wildman–Crippen MR) is 84.2 cm³/mol. The summed E-state index contributed by atoms with van der Waals surface area (Å²) in [5, 5.41) is 2.81. The number of nitrogens with one attached hydrogen (secondary N) is 2. The van der Waals surface area contributed by atoms with E-state index in [2.05, 4.69) is 15.3 Å². The molecule has 3 heterocycles. The zero-order valence-electron chi connectivity index (χ0n) is 13.2. The lowest BCUT2D eigenvalue weighted by molar-refractivity contribution is 0.153. The first-order valence-corrected chi connectivity index (χ1v) is 9.41. The van der Waals surface area contributed by atoms with Gasteiger partial charge in [-0.15, -0.1) is 0 Å². The second kappa shape index (κ2) is 6.48. The molecule has 1 aromatic rings. The zero-order chi connectivity index (χ0) is 16.4. The first-order valence-electron chi connectivity index (χ1n) is 7.97. The summed E-state index contributed by atoms with van der Waals surface area (Å²) in [5.74, 6) is 0.859. The molecule has 2 fully saturated rings. The van der Waals surface area contributed by atoms with Crippen LogP contribution >= 0.6 is 0 Å². The molecule has 0 bridgehead atoms. The van der Waals surface area contributed by atoms with Gasteiger partial charge in [-0.3, -0.25) is 0 Å². The van der Waals surface area contributed by atoms with Crippen molar-refractivity contribution in [3.05, 3.63) is 12.5 Å².